The Labute approximate surface area is 141 Å². The van der Waals surface area contributed by atoms with Gasteiger partial charge in [-0.05, 0) is 0 Å². The van der Waals surface area contributed by atoms with Gasteiger partial charge in [-0.3, -0.25) is 14.5 Å². The van der Waals surface area contributed by atoms with Crippen LogP contribution in [0.4, 0.5) is 0 Å². The number of aliphatic hydroxyl groups is 1. The van der Waals surface area contributed by atoms with Crippen molar-refractivity contribution >= 4 is 11.9 Å². The topological polar surface area (TPSA) is 85.3 Å². The molecule has 2 bridgehead atoms. The van der Waals surface area contributed by atoms with Gasteiger partial charge in [-0.15, -0.1) is 0 Å². The Bertz CT molecular complexity index is 527. The van der Waals surface area contributed by atoms with Crippen molar-refractivity contribution in [1.82, 2.24) is 4.90 Å². The van der Waals surface area contributed by atoms with E-state index < -0.39 is 24.1 Å². The number of fused-ring (bicyclic) bond motifs is 3. The van der Waals surface area contributed by atoms with E-state index in [0.29, 0.717) is 0 Å². The van der Waals surface area contributed by atoms with E-state index in [2.05, 4.69) is 4.90 Å². The number of hydrogen-bond donors (Lipinski definition) is 1. The summed E-state index contributed by atoms with van der Waals surface area (Å²) in [7, 11) is 0. The molecule has 4 rings (SSSR count). The second-order valence-corrected chi connectivity index (χ2v) is 6.76. The van der Waals surface area contributed by atoms with Crippen molar-refractivity contribution in [2.24, 2.45) is 0 Å². The van der Waals surface area contributed by atoms with Gasteiger partial charge in [0.1, 0.15) is 6.61 Å². The van der Waals surface area contributed by atoms with Gasteiger partial charge in [-0.25, -0.2) is 0 Å². The maximum Gasteiger partial charge on any atom is 0.303 e. The Morgan fingerprint density at radius 3 is 2.42 bits per heavy atom. The Balaban J connectivity index is 1.87. The SMILES string of the molecule is CC(=O)OC[C@H]1OC(O)=CC([N+]23CCN(CC2)CC3)[C@@H]1OC(C)=O. The molecule has 8 heteroatoms. The molecule has 4 heterocycles. The summed E-state index contributed by atoms with van der Waals surface area (Å²) in [6, 6.07) is -0.203. The van der Waals surface area contributed by atoms with Gasteiger partial charge < -0.3 is 23.8 Å². The van der Waals surface area contributed by atoms with Gasteiger partial charge >= 0.3 is 11.9 Å². The number of carbonyl (C=O) groups excluding carboxylic acids is 2. The summed E-state index contributed by atoms with van der Waals surface area (Å²) in [4.78, 5) is 25.2. The van der Waals surface area contributed by atoms with Gasteiger partial charge in [0.25, 0.3) is 5.95 Å². The van der Waals surface area contributed by atoms with Gasteiger partial charge in [0.05, 0.1) is 25.7 Å². The molecule has 1 unspecified atom stereocenters. The Kier molecular flexibility index (Phi) is 4.69. The lowest BCUT2D eigenvalue weighted by Crippen LogP contribution is -2.74. The number of ether oxygens (including phenoxy) is 3. The molecule has 0 amide bonds. The maximum atomic E-state index is 11.6. The summed E-state index contributed by atoms with van der Waals surface area (Å²) in [5.74, 6) is -1.05. The summed E-state index contributed by atoms with van der Waals surface area (Å²) in [5.41, 5.74) is 0. The van der Waals surface area contributed by atoms with Crippen LogP contribution < -0.4 is 0 Å². The maximum absolute atomic E-state index is 11.6. The van der Waals surface area contributed by atoms with E-state index >= 15 is 0 Å². The highest BCUT2D eigenvalue weighted by molar-refractivity contribution is 5.66. The van der Waals surface area contributed by atoms with Crippen LogP contribution in [0.2, 0.25) is 0 Å². The van der Waals surface area contributed by atoms with Crippen molar-refractivity contribution in [3.05, 3.63) is 12.0 Å². The van der Waals surface area contributed by atoms with Gasteiger partial charge in [-0.1, -0.05) is 0 Å². The lowest BCUT2D eigenvalue weighted by atomic mass is 9.95. The van der Waals surface area contributed by atoms with Gasteiger partial charge in [0.15, 0.2) is 18.2 Å². The van der Waals surface area contributed by atoms with Crippen LogP contribution in [0.5, 0.6) is 0 Å². The molecule has 3 fully saturated rings. The third-order valence-electron chi connectivity index (χ3n) is 5.26. The highest BCUT2D eigenvalue weighted by Gasteiger charge is 2.52. The van der Waals surface area contributed by atoms with Gasteiger partial charge in [-0.2, -0.15) is 0 Å². The van der Waals surface area contributed by atoms with E-state index in [1.54, 1.807) is 6.08 Å². The number of piperazine rings is 3. The highest BCUT2D eigenvalue weighted by atomic mass is 16.6. The molecule has 134 valence electrons. The first-order valence-corrected chi connectivity index (χ1v) is 8.36. The molecule has 0 aromatic rings. The van der Waals surface area contributed by atoms with Crippen LogP contribution in [0.15, 0.2) is 12.0 Å². The summed E-state index contributed by atoms with van der Waals surface area (Å²) >= 11 is 0. The number of quaternary nitrogens is 1. The molecule has 0 aromatic heterocycles. The monoisotopic (exact) mass is 341 g/mol. The minimum absolute atomic E-state index is 0.0617. The predicted octanol–water partition coefficient (Wildman–Crippen LogP) is -0.206. The summed E-state index contributed by atoms with van der Waals surface area (Å²) < 4.78 is 16.8. The first-order chi connectivity index (χ1) is 11.4. The van der Waals surface area contributed by atoms with Crippen LogP contribution >= 0.6 is 0 Å². The van der Waals surface area contributed by atoms with Crippen LogP contribution in [-0.2, 0) is 23.8 Å². The van der Waals surface area contributed by atoms with Crippen LogP contribution in [0.1, 0.15) is 13.8 Å². The van der Waals surface area contributed by atoms with E-state index in [9.17, 15) is 14.7 Å². The van der Waals surface area contributed by atoms with Crippen molar-refractivity contribution in [3.63, 3.8) is 0 Å². The highest BCUT2D eigenvalue weighted by Crippen LogP contribution is 2.33. The zero-order valence-corrected chi connectivity index (χ0v) is 14.1. The van der Waals surface area contributed by atoms with Crippen molar-refractivity contribution < 1.29 is 33.4 Å². The molecule has 0 spiro atoms. The molecule has 0 aromatic carbocycles. The molecule has 3 atom stereocenters. The number of aliphatic hydroxyl groups excluding tert-OH is 1. The summed E-state index contributed by atoms with van der Waals surface area (Å²) in [5, 5.41) is 10.1. The van der Waals surface area contributed by atoms with Crippen LogP contribution in [0.3, 0.4) is 0 Å². The van der Waals surface area contributed by atoms with Gasteiger partial charge in [0, 0.05) is 33.5 Å². The van der Waals surface area contributed by atoms with Crippen molar-refractivity contribution in [1.29, 1.82) is 0 Å². The molecule has 8 nitrogen and oxygen atoms in total. The number of rotatable bonds is 4. The zero-order valence-electron chi connectivity index (χ0n) is 14.1. The Hall–Kier alpha value is -1.80. The molecule has 0 saturated carbocycles. The number of hydrogen-bond acceptors (Lipinski definition) is 7. The quantitative estimate of drug-likeness (QED) is 0.559. The fourth-order valence-corrected chi connectivity index (χ4v) is 4.00. The fourth-order valence-electron chi connectivity index (χ4n) is 4.00. The van der Waals surface area contributed by atoms with E-state index in [0.717, 1.165) is 43.8 Å². The molecule has 1 N–H and O–H groups in total. The molecule has 0 aliphatic carbocycles. The predicted molar refractivity (Wildman–Crippen MR) is 82.9 cm³/mol. The molecule has 4 aliphatic heterocycles. The second kappa shape index (κ2) is 6.60. The first-order valence-electron chi connectivity index (χ1n) is 8.36. The molecule has 0 radical (unpaired) electrons. The summed E-state index contributed by atoms with van der Waals surface area (Å²) in [6.07, 6.45) is 0.349. The summed E-state index contributed by atoms with van der Waals surface area (Å²) in [6.45, 7) is 8.39. The number of nitrogens with zero attached hydrogens (tertiary/aromatic N) is 2. The molecule has 24 heavy (non-hydrogen) atoms. The van der Waals surface area contributed by atoms with Crippen molar-refractivity contribution in [3.8, 4) is 0 Å². The number of carbonyl (C=O) groups is 2. The number of esters is 2. The van der Waals surface area contributed by atoms with Crippen LogP contribution in [-0.4, -0.2) is 90.6 Å². The Morgan fingerprint density at radius 2 is 1.88 bits per heavy atom. The van der Waals surface area contributed by atoms with E-state index in [1.807, 2.05) is 0 Å². The van der Waals surface area contributed by atoms with Crippen molar-refractivity contribution in [2.75, 3.05) is 45.9 Å². The lowest BCUT2D eigenvalue weighted by molar-refractivity contribution is -0.961. The van der Waals surface area contributed by atoms with E-state index in [-0.39, 0.29) is 18.6 Å². The molecular weight excluding hydrogens is 316 g/mol. The van der Waals surface area contributed by atoms with Gasteiger partial charge in [0.2, 0.25) is 0 Å². The normalized spacial score (nSPS) is 38.0. The average molecular weight is 341 g/mol. The third-order valence-corrected chi connectivity index (χ3v) is 5.26. The smallest absolute Gasteiger partial charge is 0.303 e. The average Bonchev–Trinajstić information content (AvgIpc) is 2.56. The van der Waals surface area contributed by atoms with E-state index in [1.165, 1.54) is 13.8 Å². The zero-order chi connectivity index (χ0) is 17.3. The molecule has 4 aliphatic rings. The second-order valence-electron chi connectivity index (χ2n) is 6.76. The first kappa shape index (κ1) is 17.0. The lowest BCUT2D eigenvalue weighted by Gasteiger charge is -2.55. The van der Waals surface area contributed by atoms with Crippen LogP contribution in [0.25, 0.3) is 0 Å². The fraction of sp³-hybridized carbons (Fsp3) is 0.750. The largest absolute Gasteiger partial charge is 0.481 e. The minimum Gasteiger partial charge on any atom is -0.481 e. The standard InChI is InChI=1S/C16H24N2O6/c1-11(19)22-10-14-16(23-12(2)20)13(9-15(21)24-14)18-6-3-17(4-7-18)5-8-18/h9,13-14,16H,3-8,10H2,1-2H3/p+1/t13?,14-,16+/m1/s1. The van der Waals surface area contributed by atoms with Crippen LogP contribution in [0, 0.1) is 0 Å². The minimum atomic E-state index is -0.708. The molecular formula is C16H25N2O6+. The van der Waals surface area contributed by atoms with E-state index in [4.69, 9.17) is 14.2 Å². The molecule has 3 saturated heterocycles. The third kappa shape index (κ3) is 3.34. The Morgan fingerprint density at radius 1 is 1.25 bits per heavy atom. The van der Waals surface area contributed by atoms with Crippen molar-refractivity contribution in [2.45, 2.75) is 32.1 Å².